The highest BCUT2D eigenvalue weighted by molar-refractivity contribution is 5.77. The maximum Gasteiger partial charge on any atom is 0.188 e. The van der Waals surface area contributed by atoms with E-state index in [1.807, 2.05) is 0 Å². The Morgan fingerprint density at radius 3 is 2.65 bits per heavy atom. The van der Waals surface area contributed by atoms with Crippen molar-refractivity contribution in [2.45, 2.75) is 33.1 Å². The van der Waals surface area contributed by atoms with Crippen LogP contribution >= 0.6 is 0 Å². The number of nitrogens with two attached hydrogens (primary N) is 1. The number of aliphatic imine (C=N–C) groups is 1. The second-order valence-electron chi connectivity index (χ2n) is 4.28. The van der Waals surface area contributed by atoms with Crippen LogP contribution in [0.4, 0.5) is 0 Å². The van der Waals surface area contributed by atoms with Crippen LogP contribution in [0.3, 0.4) is 0 Å². The molecule has 0 aliphatic heterocycles. The van der Waals surface area contributed by atoms with Crippen LogP contribution in [0.25, 0.3) is 0 Å². The number of nitrogens with one attached hydrogen (secondary N) is 1. The van der Waals surface area contributed by atoms with Crippen molar-refractivity contribution in [1.82, 2.24) is 5.32 Å². The second kappa shape index (κ2) is 7.71. The molecular weight excluding hydrogens is 210 g/mol. The standard InChI is InChI=1S/C14H23N3/c1-3-4-10-16-14(15)17-11-9-13-7-5-12(2)6-8-13/h5-8H,3-4,9-11H2,1-2H3,(H3,15,16,17). The van der Waals surface area contributed by atoms with Crippen LogP contribution in [0.2, 0.25) is 0 Å². The van der Waals surface area contributed by atoms with Crippen molar-refractivity contribution in [3.63, 3.8) is 0 Å². The number of benzene rings is 1. The van der Waals surface area contributed by atoms with Crippen molar-refractivity contribution in [2.75, 3.05) is 13.1 Å². The summed E-state index contributed by atoms with van der Waals surface area (Å²) in [4.78, 5) is 4.24. The van der Waals surface area contributed by atoms with E-state index in [0.717, 1.165) is 32.4 Å². The normalized spacial score (nSPS) is 11.5. The summed E-state index contributed by atoms with van der Waals surface area (Å²) >= 11 is 0. The first-order valence-electron chi connectivity index (χ1n) is 6.31. The summed E-state index contributed by atoms with van der Waals surface area (Å²) in [6.45, 7) is 5.90. The Balaban J connectivity index is 2.23. The van der Waals surface area contributed by atoms with Gasteiger partial charge in [0.25, 0.3) is 0 Å². The molecule has 0 heterocycles. The molecule has 0 aliphatic carbocycles. The molecule has 1 rings (SSSR count). The number of aryl methyl sites for hydroxylation is 1. The predicted molar refractivity (Wildman–Crippen MR) is 74.3 cm³/mol. The van der Waals surface area contributed by atoms with Gasteiger partial charge in [0.15, 0.2) is 5.96 Å². The number of guanidine groups is 1. The summed E-state index contributed by atoms with van der Waals surface area (Å²) in [5.74, 6) is 0.561. The lowest BCUT2D eigenvalue weighted by Gasteiger charge is -2.06. The first-order chi connectivity index (χ1) is 8.22. The van der Waals surface area contributed by atoms with Crippen LogP contribution in [0.5, 0.6) is 0 Å². The molecule has 0 bridgehead atoms. The van der Waals surface area contributed by atoms with Crippen molar-refractivity contribution in [1.29, 1.82) is 0 Å². The predicted octanol–water partition coefficient (Wildman–Crippen LogP) is 2.24. The number of hydrogen-bond donors (Lipinski definition) is 2. The van der Waals surface area contributed by atoms with Gasteiger partial charge in [-0.25, -0.2) is 0 Å². The van der Waals surface area contributed by atoms with Gasteiger partial charge in [0, 0.05) is 13.1 Å². The molecule has 0 amide bonds. The monoisotopic (exact) mass is 233 g/mol. The minimum absolute atomic E-state index is 0.561. The number of unbranched alkanes of at least 4 members (excludes halogenated alkanes) is 1. The third kappa shape index (κ3) is 5.95. The largest absolute Gasteiger partial charge is 0.370 e. The van der Waals surface area contributed by atoms with Gasteiger partial charge in [-0.15, -0.1) is 0 Å². The molecule has 0 aromatic heterocycles. The molecule has 0 saturated heterocycles. The van der Waals surface area contributed by atoms with Crippen molar-refractivity contribution in [3.8, 4) is 0 Å². The lowest BCUT2D eigenvalue weighted by Crippen LogP contribution is -2.33. The van der Waals surface area contributed by atoms with Gasteiger partial charge in [-0.3, -0.25) is 4.99 Å². The number of nitrogens with zero attached hydrogens (tertiary/aromatic N) is 1. The van der Waals surface area contributed by atoms with Crippen LogP contribution in [0.15, 0.2) is 29.3 Å². The lowest BCUT2D eigenvalue weighted by atomic mass is 10.1. The molecule has 0 radical (unpaired) electrons. The molecule has 0 aliphatic rings. The van der Waals surface area contributed by atoms with Gasteiger partial charge in [0.05, 0.1) is 0 Å². The molecule has 3 N–H and O–H groups in total. The summed E-state index contributed by atoms with van der Waals surface area (Å²) in [5, 5.41) is 3.13. The fourth-order valence-electron chi connectivity index (χ4n) is 1.50. The smallest absolute Gasteiger partial charge is 0.188 e. The zero-order valence-electron chi connectivity index (χ0n) is 10.9. The van der Waals surface area contributed by atoms with E-state index in [9.17, 15) is 0 Å². The fourth-order valence-corrected chi connectivity index (χ4v) is 1.50. The first-order valence-corrected chi connectivity index (χ1v) is 6.31. The van der Waals surface area contributed by atoms with Gasteiger partial charge in [-0.1, -0.05) is 43.2 Å². The number of hydrogen-bond acceptors (Lipinski definition) is 1. The summed E-state index contributed by atoms with van der Waals surface area (Å²) < 4.78 is 0. The maximum atomic E-state index is 5.74. The van der Waals surface area contributed by atoms with E-state index in [2.05, 4.69) is 48.4 Å². The highest BCUT2D eigenvalue weighted by atomic mass is 15.1. The molecule has 0 fully saturated rings. The molecule has 3 nitrogen and oxygen atoms in total. The molecule has 0 saturated carbocycles. The van der Waals surface area contributed by atoms with E-state index in [-0.39, 0.29) is 0 Å². The third-order valence-corrected chi connectivity index (χ3v) is 2.63. The zero-order chi connectivity index (χ0) is 12.5. The van der Waals surface area contributed by atoms with Gasteiger partial charge in [0.2, 0.25) is 0 Å². The van der Waals surface area contributed by atoms with Crippen LogP contribution in [-0.4, -0.2) is 19.0 Å². The van der Waals surface area contributed by atoms with Crippen LogP contribution < -0.4 is 11.1 Å². The molecule has 0 unspecified atom stereocenters. The average molecular weight is 233 g/mol. The SMILES string of the molecule is CCCCN=C(N)NCCc1ccc(C)cc1. The van der Waals surface area contributed by atoms with E-state index >= 15 is 0 Å². The third-order valence-electron chi connectivity index (χ3n) is 2.63. The quantitative estimate of drug-likeness (QED) is 0.450. The summed E-state index contributed by atoms with van der Waals surface area (Å²) in [6, 6.07) is 8.57. The minimum atomic E-state index is 0.561. The van der Waals surface area contributed by atoms with E-state index in [4.69, 9.17) is 5.73 Å². The molecule has 94 valence electrons. The maximum absolute atomic E-state index is 5.74. The van der Waals surface area contributed by atoms with Crippen LogP contribution in [0, 0.1) is 6.92 Å². The van der Waals surface area contributed by atoms with Crippen molar-refractivity contribution >= 4 is 5.96 Å². The Bertz CT molecular complexity index is 341. The Hall–Kier alpha value is -1.51. The highest BCUT2D eigenvalue weighted by Crippen LogP contribution is 2.02. The second-order valence-corrected chi connectivity index (χ2v) is 4.28. The fraction of sp³-hybridized carbons (Fsp3) is 0.500. The van der Waals surface area contributed by atoms with Crippen molar-refractivity contribution in [3.05, 3.63) is 35.4 Å². The van der Waals surface area contributed by atoms with E-state index < -0.39 is 0 Å². The average Bonchev–Trinajstić information content (AvgIpc) is 2.32. The highest BCUT2D eigenvalue weighted by Gasteiger charge is 1.94. The van der Waals surface area contributed by atoms with Gasteiger partial charge >= 0.3 is 0 Å². The van der Waals surface area contributed by atoms with E-state index in [0.29, 0.717) is 5.96 Å². The Morgan fingerprint density at radius 1 is 1.29 bits per heavy atom. The van der Waals surface area contributed by atoms with Gasteiger partial charge < -0.3 is 11.1 Å². The summed E-state index contributed by atoms with van der Waals surface area (Å²) in [6.07, 6.45) is 3.23. The van der Waals surface area contributed by atoms with Gasteiger partial charge in [0.1, 0.15) is 0 Å². The molecule has 17 heavy (non-hydrogen) atoms. The first kappa shape index (κ1) is 13.6. The van der Waals surface area contributed by atoms with Gasteiger partial charge in [-0.2, -0.15) is 0 Å². The van der Waals surface area contributed by atoms with Crippen LogP contribution in [0.1, 0.15) is 30.9 Å². The van der Waals surface area contributed by atoms with Crippen molar-refractivity contribution < 1.29 is 0 Å². The molecule has 0 atom stereocenters. The van der Waals surface area contributed by atoms with Crippen molar-refractivity contribution in [2.24, 2.45) is 10.7 Å². The van der Waals surface area contributed by atoms with E-state index in [1.54, 1.807) is 0 Å². The molecule has 1 aromatic carbocycles. The lowest BCUT2D eigenvalue weighted by molar-refractivity contribution is 0.791. The summed E-state index contributed by atoms with van der Waals surface area (Å²) in [5.41, 5.74) is 8.36. The molecule has 0 spiro atoms. The van der Waals surface area contributed by atoms with E-state index in [1.165, 1.54) is 11.1 Å². The topological polar surface area (TPSA) is 50.4 Å². The zero-order valence-corrected chi connectivity index (χ0v) is 10.9. The molecule has 3 heteroatoms. The molecular formula is C14H23N3. The number of rotatable bonds is 6. The Morgan fingerprint density at radius 2 is 2.00 bits per heavy atom. The van der Waals surface area contributed by atoms with Crippen LogP contribution in [-0.2, 0) is 6.42 Å². The summed E-state index contributed by atoms with van der Waals surface area (Å²) in [7, 11) is 0. The Labute approximate surface area is 104 Å². The minimum Gasteiger partial charge on any atom is -0.370 e. The molecule has 1 aromatic rings. The van der Waals surface area contributed by atoms with Gasteiger partial charge in [-0.05, 0) is 25.3 Å². The Kier molecular flexibility index (Phi) is 6.15.